The van der Waals surface area contributed by atoms with Crippen LogP contribution in [0.2, 0.25) is 0 Å². The predicted octanol–water partition coefficient (Wildman–Crippen LogP) is 15.9. The number of fused-ring (bicyclic) bond motifs is 4. The Morgan fingerprint density at radius 1 is 0.269 bits per heavy atom. The highest BCUT2D eigenvalue weighted by molar-refractivity contribution is 9.11. The van der Waals surface area contributed by atoms with Crippen LogP contribution in [-0.2, 0) is 76.0 Å². The van der Waals surface area contributed by atoms with E-state index >= 15 is 0 Å². The van der Waals surface area contributed by atoms with Crippen LogP contribution in [0.5, 0.6) is 23.0 Å². The van der Waals surface area contributed by atoms with Crippen LogP contribution in [0.25, 0.3) is 110 Å². The van der Waals surface area contributed by atoms with E-state index in [9.17, 15) is 19.2 Å². The van der Waals surface area contributed by atoms with E-state index in [0.29, 0.717) is 285 Å². The second-order valence-corrected chi connectivity index (χ2v) is 36.1. The molecule has 0 atom stereocenters. The van der Waals surface area contributed by atoms with Gasteiger partial charge in [-0.1, -0.05) is 12.1 Å². The van der Waals surface area contributed by atoms with Gasteiger partial charge in [0.05, 0.1) is 237 Å². The van der Waals surface area contributed by atoms with Gasteiger partial charge in [0.15, 0.2) is 0 Å². The van der Waals surface area contributed by atoms with Crippen LogP contribution in [0.3, 0.4) is 0 Å². The van der Waals surface area contributed by atoms with E-state index in [2.05, 4.69) is 63.5 Å². The number of thiophene rings is 2. The SMILES string of the molecule is O=C(O)CSCCOCCOCCOCCOc1ccc(-c2nc3c(-c4cccs4)c4nsnc4c(-c4cccs4)c3nc2-c2ccc(OCCOCCOCCOCCSCC(=O)O)cc2)cc1.O=C(O)CSCCOCCOCCOCCOc1ccc(-c2nc3c(Br)c4nsnc4c(Br)c3nc2-c2ccc(OCCOCCOCCOCCSCC(=O)O)cc2)cc1. The monoisotopic (exact) mass is 2060 g/mol. The quantitative estimate of drug-likeness (QED) is 0.0257. The van der Waals surface area contributed by atoms with Gasteiger partial charge in [0.2, 0.25) is 0 Å². The van der Waals surface area contributed by atoms with Crippen molar-refractivity contribution < 1.29 is 115 Å². The number of nitrogens with zero attached hydrogens (tertiary/aromatic N) is 8. The number of carbonyl (C=O) groups is 4. The fraction of sp³-hybridized carbons (Fsp3) is 0.409. The Bertz CT molecular complexity index is 5050. The number of hydrogen-bond acceptors (Lipinski definition) is 36. The third-order valence-electron chi connectivity index (χ3n) is 17.9. The lowest BCUT2D eigenvalue weighted by Crippen LogP contribution is -2.13. The zero-order valence-corrected chi connectivity index (χ0v) is 80.4. The van der Waals surface area contributed by atoms with Crippen LogP contribution >= 0.6 is 125 Å². The van der Waals surface area contributed by atoms with E-state index in [4.69, 9.17) is 125 Å². The number of benzene rings is 6. The molecule has 0 saturated carbocycles. The Labute approximate surface area is 800 Å². The number of aliphatic carboxylic acids is 4. The van der Waals surface area contributed by atoms with Crippen molar-refractivity contribution in [2.75, 3.05) is 231 Å². The zero-order chi connectivity index (χ0) is 91.0. The highest BCUT2D eigenvalue weighted by Crippen LogP contribution is 2.47. The van der Waals surface area contributed by atoms with Gasteiger partial charge in [0.1, 0.15) is 93.6 Å². The zero-order valence-electron chi connectivity index (χ0n) is 70.7. The van der Waals surface area contributed by atoms with E-state index in [1.807, 2.05) is 109 Å². The number of thioether (sulfide) groups is 4. The Morgan fingerprint density at radius 3 is 0.708 bits per heavy atom. The summed E-state index contributed by atoms with van der Waals surface area (Å²) >= 11 is 18.3. The number of ether oxygens (including phenoxy) is 16. The van der Waals surface area contributed by atoms with Crippen LogP contribution in [-0.4, -0.2) is 313 Å². The lowest BCUT2D eigenvalue weighted by atomic mass is 9.99. The van der Waals surface area contributed by atoms with Crippen molar-refractivity contribution >= 4 is 193 Å². The molecule has 130 heavy (non-hydrogen) atoms. The summed E-state index contributed by atoms with van der Waals surface area (Å²) in [4.78, 5) is 65.5. The number of hydrogen-bond donors (Lipinski definition) is 4. The molecule has 12 aromatic rings. The third-order valence-corrected chi connectivity index (χ3v) is 25.9. The lowest BCUT2D eigenvalue weighted by Gasteiger charge is -2.16. The molecule has 0 aliphatic rings. The maximum Gasteiger partial charge on any atom is 0.313 e. The molecule has 0 unspecified atom stereocenters. The number of halogens is 2. The van der Waals surface area contributed by atoms with Crippen LogP contribution < -0.4 is 18.9 Å². The minimum Gasteiger partial charge on any atom is -0.491 e. The molecule has 0 bridgehead atoms. The van der Waals surface area contributed by atoms with Crippen LogP contribution in [0.1, 0.15) is 0 Å². The molecule has 0 radical (unpaired) electrons. The smallest absolute Gasteiger partial charge is 0.313 e. The summed E-state index contributed by atoms with van der Waals surface area (Å²) < 4.78 is 111. The molecule has 42 heteroatoms. The van der Waals surface area contributed by atoms with Crippen molar-refractivity contribution in [2.24, 2.45) is 0 Å². The molecule has 0 saturated heterocycles. The van der Waals surface area contributed by atoms with Crippen molar-refractivity contribution in [3.8, 4) is 88.9 Å². The van der Waals surface area contributed by atoms with E-state index < -0.39 is 23.9 Å². The van der Waals surface area contributed by atoms with Gasteiger partial charge >= 0.3 is 23.9 Å². The summed E-state index contributed by atoms with van der Waals surface area (Å²) in [6, 6.07) is 39.2. The van der Waals surface area contributed by atoms with Gasteiger partial charge in [0.25, 0.3) is 0 Å². The number of carboxylic acids is 4. The third kappa shape index (κ3) is 34.5. The van der Waals surface area contributed by atoms with Gasteiger partial charge in [-0.05, 0) is 152 Å². The Balaban J connectivity index is 0.000000253. The predicted molar refractivity (Wildman–Crippen MR) is 516 cm³/mol. The first kappa shape index (κ1) is 103. The van der Waals surface area contributed by atoms with E-state index in [1.54, 1.807) is 22.7 Å². The fourth-order valence-electron chi connectivity index (χ4n) is 12.1. The average Bonchev–Trinajstić information content (AvgIpc) is 1.45. The van der Waals surface area contributed by atoms with Crippen LogP contribution in [0.4, 0.5) is 0 Å². The van der Waals surface area contributed by atoms with E-state index in [0.717, 1.165) is 76.9 Å². The molecule has 0 fully saturated rings. The summed E-state index contributed by atoms with van der Waals surface area (Å²) in [6.07, 6.45) is 0. The molecular weight excluding hydrogens is 1970 g/mol. The fourth-order valence-corrected chi connectivity index (χ4v) is 18.3. The van der Waals surface area contributed by atoms with Gasteiger partial charge in [-0.3, -0.25) is 19.2 Å². The first-order valence-corrected chi connectivity index (χ1v) is 50.6. The molecule has 6 aromatic carbocycles. The maximum absolute atomic E-state index is 10.6. The molecule has 4 N–H and O–H groups in total. The van der Waals surface area contributed by atoms with Crippen molar-refractivity contribution in [2.45, 2.75) is 0 Å². The molecule has 12 rings (SSSR count). The van der Waals surface area contributed by atoms with Gasteiger partial charge in [-0.2, -0.15) is 17.5 Å². The number of carboxylic acid groups (broad SMARTS) is 4. The molecule has 0 aliphatic carbocycles. The molecule has 696 valence electrons. The van der Waals surface area contributed by atoms with Crippen molar-refractivity contribution in [1.82, 2.24) is 37.4 Å². The van der Waals surface area contributed by atoms with E-state index in [-0.39, 0.29) is 23.0 Å². The Hall–Kier alpha value is -8.00. The second-order valence-electron chi connectivity index (χ2n) is 27.1. The largest absolute Gasteiger partial charge is 0.491 e. The molecule has 0 spiro atoms. The molecule has 6 aromatic heterocycles. The van der Waals surface area contributed by atoms with E-state index in [1.165, 1.54) is 58.8 Å². The normalized spacial score (nSPS) is 11.5. The summed E-state index contributed by atoms with van der Waals surface area (Å²) in [5, 5.41) is 38.8. The molecular formula is C88H98Br2N8O24S8. The molecule has 32 nitrogen and oxygen atoms in total. The number of rotatable bonds is 66. The van der Waals surface area contributed by atoms with Crippen LogP contribution in [0, 0.1) is 0 Å². The Morgan fingerprint density at radius 2 is 0.485 bits per heavy atom. The van der Waals surface area contributed by atoms with Gasteiger partial charge in [0, 0.05) is 66.1 Å². The minimum atomic E-state index is -0.826. The lowest BCUT2D eigenvalue weighted by molar-refractivity contribution is -0.134. The summed E-state index contributed by atoms with van der Waals surface area (Å²) in [6.45, 7) is 11.9. The second kappa shape index (κ2) is 58.9. The van der Waals surface area contributed by atoms with Gasteiger partial charge < -0.3 is 96.2 Å². The van der Waals surface area contributed by atoms with Gasteiger partial charge in [-0.15, -0.1) is 69.7 Å². The summed E-state index contributed by atoms with van der Waals surface area (Å²) in [5.74, 6) is 2.25. The number of aromatic nitrogens is 8. The Kier molecular flexibility index (Phi) is 46.4. The first-order chi connectivity index (χ1) is 63.8. The molecule has 0 amide bonds. The maximum atomic E-state index is 10.6. The summed E-state index contributed by atoms with van der Waals surface area (Å²) in [5.41, 5.74) is 13.7. The van der Waals surface area contributed by atoms with Crippen LogP contribution in [0.15, 0.2) is 141 Å². The minimum absolute atomic E-state index is 0.0745. The summed E-state index contributed by atoms with van der Waals surface area (Å²) in [7, 11) is 0. The van der Waals surface area contributed by atoms with Crippen molar-refractivity contribution in [3.63, 3.8) is 0 Å². The highest BCUT2D eigenvalue weighted by Gasteiger charge is 2.27. The van der Waals surface area contributed by atoms with Gasteiger partial charge in [-0.25, -0.2) is 19.9 Å². The van der Waals surface area contributed by atoms with Crippen molar-refractivity contribution in [3.05, 3.63) is 141 Å². The topological polar surface area (TPSA) is 400 Å². The average molecular weight is 2070 g/mol. The first-order valence-electron chi connectivity index (χ1n) is 41.2. The molecule has 0 aliphatic heterocycles. The molecule has 6 heterocycles. The highest BCUT2D eigenvalue weighted by atomic mass is 79.9. The standard InChI is InChI=1S/C48H52N4O12S5.C40H46Br2N4O12S3/c53-39(54)31-65-29-25-61-19-17-57-13-15-59-21-23-63-35-9-5-33(6-10-35)43-44(34-7-11-36(12-8-34)64-24-22-60-16-14-58-18-20-62-26-30-66-32-40(55)56)50-46-42(38-4-2-28-68-38)48-47(51-69-52-48)41(45(46)49-43)37-3-1-27-67-37;41-33-37-38(34(42)40-39(33)45-61-46-40)44-36(28-3-7-30(8-4-28)58-20-18-54-12-10-52-14-16-56-22-24-60-26-32(49)50)35(43-37)27-1-5-29(6-2-27)57-19-17-53-11-9-51-13-15-55-21-23-59-25-31(47)48/h1-12,27-28H,13-26,29-32H2,(H,53,54)(H,55,56);1-8H,9-26H2,(H,47,48)(H,49,50). The van der Waals surface area contributed by atoms with Crippen molar-refractivity contribution in [1.29, 1.82) is 0 Å².